The zero-order valence-electron chi connectivity index (χ0n) is 10.2. The number of carbonyl (C=O) groups excluding carboxylic acids is 1. The number of rotatable bonds is 3. The lowest BCUT2D eigenvalue weighted by atomic mass is 10.2. The largest absolute Gasteiger partial charge is 0.447 e. The highest BCUT2D eigenvalue weighted by Gasteiger charge is 2.09. The minimum Gasteiger partial charge on any atom is -0.447 e. The van der Waals surface area contributed by atoms with Crippen LogP contribution in [0.4, 0.5) is 16.2 Å². The lowest BCUT2D eigenvalue weighted by molar-refractivity contribution is 0.130. The van der Waals surface area contributed by atoms with Crippen LogP contribution in [0, 0.1) is 0 Å². The highest BCUT2D eigenvalue weighted by molar-refractivity contribution is 5.89. The summed E-state index contributed by atoms with van der Waals surface area (Å²) in [6.45, 7) is 3.63. The van der Waals surface area contributed by atoms with Gasteiger partial charge in [-0.2, -0.15) is 0 Å². The number of anilines is 2. The van der Waals surface area contributed by atoms with Crippen LogP contribution in [0.25, 0.3) is 0 Å². The van der Waals surface area contributed by atoms with E-state index in [-0.39, 0.29) is 6.10 Å². The van der Waals surface area contributed by atoms with E-state index >= 15 is 0 Å². The van der Waals surface area contributed by atoms with Crippen molar-refractivity contribution in [2.45, 2.75) is 20.0 Å². The molecule has 0 heterocycles. The summed E-state index contributed by atoms with van der Waals surface area (Å²) in [4.78, 5) is 13.4. The summed E-state index contributed by atoms with van der Waals surface area (Å²) in [5.74, 6) is 0. The standard InChI is InChI=1S/C12H18N2O2/c1-9(2)16-12(15)13-10-7-5-6-8-11(10)14(3)4/h5-9H,1-4H3,(H,13,15). The molecule has 0 aliphatic heterocycles. The van der Waals surface area contributed by atoms with Gasteiger partial charge in [0.1, 0.15) is 0 Å². The number of amides is 1. The molecule has 88 valence electrons. The maximum atomic E-state index is 11.4. The van der Waals surface area contributed by atoms with Gasteiger partial charge in [0.2, 0.25) is 0 Å². The van der Waals surface area contributed by atoms with Crippen molar-refractivity contribution in [2.75, 3.05) is 24.3 Å². The van der Waals surface area contributed by atoms with Gasteiger partial charge in [-0.25, -0.2) is 4.79 Å². The molecule has 1 aromatic carbocycles. The minimum atomic E-state index is -0.427. The lowest BCUT2D eigenvalue weighted by Crippen LogP contribution is -2.20. The summed E-state index contributed by atoms with van der Waals surface area (Å²) >= 11 is 0. The maximum Gasteiger partial charge on any atom is 0.411 e. The fourth-order valence-corrected chi connectivity index (χ4v) is 1.32. The van der Waals surface area contributed by atoms with E-state index in [1.54, 1.807) is 0 Å². The first kappa shape index (κ1) is 12.4. The molecule has 0 aliphatic carbocycles. The maximum absolute atomic E-state index is 11.4. The van der Waals surface area contributed by atoms with E-state index in [4.69, 9.17) is 4.74 Å². The molecule has 0 unspecified atom stereocenters. The number of benzene rings is 1. The zero-order chi connectivity index (χ0) is 12.1. The summed E-state index contributed by atoms with van der Waals surface area (Å²) < 4.78 is 5.02. The van der Waals surface area contributed by atoms with Gasteiger partial charge in [-0.3, -0.25) is 5.32 Å². The van der Waals surface area contributed by atoms with Gasteiger partial charge in [-0.15, -0.1) is 0 Å². The first-order valence-electron chi connectivity index (χ1n) is 5.24. The number of para-hydroxylation sites is 2. The van der Waals surface area contributed by atoms with Crippen LogP contribution in [-0.4, -0.2) is 26.3 Å². The van der Waals surface area contributed by atoms with Gasteiger partial charge in [0, 0.05) is 14.1 Å². The highest BCUT2D eigenvalue weighted by Crippen LogP contribution is 2.23. The van der Waals surface area contributed by atoms with Gasteiger partial charge in [-0.05, 0) is 26.0 Å². The fourth-order valence-electron chi connectivity index (χ4n) is 1.32. The minimum absolute atomic E-state index is 0.119. The highest BCUT2D eigenvalue weighted by atomic mass is 16.6. The second kappa shape index (κ2) is 5.39. The van der Waals surface area contributed by atoms with E-state index in [1.807, 2.05) is 57.1 Å². The van der Waals surface area contributed by atoms with Crippen molar-refractivity contribution in [1.29, 1.82) is 0 Å². The van der Waals surface area contributed by atoms with Crippen LogP contribution in [-0.2, 0) is 4.74 Å². The molecule has 0 saturated carbocycles. The second-order valence-electron chi connectivity index (χ2n) is 3.99. The Morgan fingerprint density at radius 2 is 1.94 bits per heavy atom. The summed E-state index contributed by atoms with van der Waals surface area (Å²) in [7, 11) is 3.85. The van der Waals surface area contributed by atoms with Crippen LogP contribution < -0.4 is 10.2 Å². The molecule has 0 radical (unpaired) electrons. The predicted molar refractivity (Wildman–Crippen MR) is 66.0 cm³/mol. The zero-order valence-corrected chi connectivity index (χ0v) is 10.2. The van der Waals surface area contributed by atoms with Crippen LogP contribution in [0.15, 0.2) is 24.3 Å². The number of ether oxygens (including phenoxy) is 1. The van der Waals surface area contributed by atoms with Gasteiger partial charge in [0.05, 0.1) is 17.5 Å². The first-order valence-corrected chi connectivity index (χ1v) is 5.24. The number of nitrogens with zero attached hydrogens (tertiary/aromatic N) is 1. The molecule has 0 aliphatic rings. The van der Waals surface area contributed by atoms with E-state index in [0.717, 1.165) is 11.4 Å². The third kappa shape index (κ3) is 3.46. The quantitative estimate of drug-likeness (QED) is 0.855. The van der Waals surface area contributed by atoms with Crippen LogP contribution in [0.5, 0.6) is 0 Å². The van der Waals surface area contributed by atoms with E-state index in [9.17, 15) is 4.79 Å². The van der Waals surface area contributed by atoms with Crippen molar-refractivity contribution < 1.29 is 9.53 Å². The Morgan fingerprint density at radius 3 is 2.50 bits per heavy atom. The fraction of sp³-hybridized carbons (Fsp3) is 0.417. The molecule has 0 aromatic heterocycles. The van der Waals surface area contributed by atoms with Crippen LogP contribution >= 0.6 is 0 Å². The van der Waals surface area contributed by atoms with E-state index in [2.05, 4.69) is 5.32 Å². The molecule has 1 N–H and O–H groups in total. The van der Waals surface area contributed by atoms with Crippen molar-refractivity contribution in [2.24, 2.45) is 0 Å². The van der Waals surface area contributed by atoms with Crippen LogP contribution in [0.1, 0.15) is 13.8 Å². The number of carbonyl (C=O) groups is 1. The van der Waals surface area contributed by atoms with Gasteiger partial charge >= 0.3 is 6.09 Å². The molecule has 1 amide bonds. The van der Waals surface area contributed by atoms with Gasteiger partial charge < -0.3 is 9.64 Å². The van der Waals surface area contributed by atoms with Crippen molar-refractivity contribution in [3.63, 3.8) is 0 Å². The summed E-state index contributed by atoms with van der Waals surface area (Å²) in [5, 5.41) is 2.72. The monoisotopic (exact) mass is 222 g/mol. The third-order valence-electron chi connectivity index (χ3n) is 1.97. The summed E-state index contributed by atoms with van der Waals surface area (Å²) in [6, 6.07) is 7.58. The van der Waals surface area contributed by atoms with Crippen molar-refractivity contribution >= 4 is 17.5 Å². The molecular formula is C12H18N2O2. The van der Waals surface area contributed by atoms with Crippen molar-refractivity contribution in [1.82, 2.24) is 0 Å². The molecule has 0 fully saturated rings. The van der Waals surface area contributed by atoms with Gasteiger partial charge in [-0.1, -0.05) is 12.1 Å². The predicted octanol–water partition coefficient (Wildman–Crippen LogP) is 2.71. The molecule has 1 aromatic rings. The summed E-state index contributed by atoms with van der Waals surface area (Å²) in [6.07, 6.45) is -0.546. The number of hydrogen-bond donors (Lipinski definition) is 1. The van der Waals surface area contributed by atoms with Crippen LogP contribution in [0.3, 0.4) is 0 Å². The van der Waals surface area contributed by atoms with Gasteiger partial charge in [0.25, 0.3) is 0 Å². The normalized spacial score (nSPS) is 10.1. The Balaban J connectivity index is 2.77. The average molecular weight is 222 g/mol. The molecule has 0 bridgehead atoms. The summed E-state index contributed by atoms with van der Waals surface area (Å²) in [5.41, 5.74) is 1.70. The molecule has 0 saturated heterocycles. The Bertz CT molecular complexity index is 362. The topological polar surface area (TPSA) is 41.6 Å². The molecular weight excluding hydrogens is 204 g/mol. The van der Waals surface area contributed by atoms with Crippen molar-refractivity contribution in [3.8, 4) is 0 Å². The number of nitrogens with one attached hydrogen (secondary N) is 1. The Hall–Kier alpha value is -1.71. The Labute approximate surface area is 96.2 Å². The Morgan fingerprint density at radius 1 is 1.31 bits per heavy atom. The van der Waals surface area contributed by atoms with Crippen LogP contribution in [0.2, 0.25) is 0 Å². The molecule has 1 rings (SSSR count). The molecule has 4 heteroatoms. The molecule has 4 nitrogen and oxygen atoms in total. The van der Waals surface area contributed by atoms with E-state index in [1.165, 1.54) is 0 Å². The molecule has 0 atom stereocenters. The smallest absolute Gasteiger partial charge is 0.411 e. The third-order valence-corrected chi connectivity index (χ3v) is 1.97. The second-order valence-corrected chi connectivity index (χ2v) is 3.99. The van der Waals surface area contributed by atoms with E-state index < -0.39 is 6.09 Å². The Kier molecular flexibility index (Phi) is 4.17. The molecule has 0 spiro atoms. The van der Waals surface area contributed by atoms with Gasteiger partial charge in [0.15, 0.2) is 0 Å². The first-order chi connectivity index (χ1) is 7.50. The number of hydrogen-bond acceptors (Lipinski definition) is 3. The molecule has 16 heavy (non-hydrogen) atoms. The average Bonchev–Trinajstić information content (AvgIpc) is 2.16. The SMILES string of the molecule is CC(C)OC(=O)Nc1ccccc1N(C)C. The van der Waals surface area contributed by atoms with E-state index in [0.29, 0.717) is 0 Å². The van der Waals surface area contributed by atoms with Crippen molar-refractivity contribution in [3.05, 3.63) is 24.3 Å². The lowest BCUT2D eigenvalue weighted by Gasteiger charge is -2.18.